The number of nitrogens with one attached hydrogen (secondary N) is 2. The first-order chi connectivity index (χ1) is 10.1. The number of rotatable bonds is 8. The van der Waals surface area contributed by atoms with Crippen molar-refractivity contribution in [1.29, 1.82) is 0 Å². The third kappa shape index (κ3) is 6.35. The lowest BCUT2D eigenvalue weighted by Crippen LogP contribution is -2.30. The molecule has 0 aliphatic heterocycles. The lowest BCUT2D eigenvalue weighted by atomic mass is 10.3. The standard InChI is InChI=1S/C15H24N2O4/c1-11(2)21-9-5-8-16-15(18)17-12-6-7-13(19-3)14(10-12)20-4/h6-7,10-11H,5,8-9H2,1-4H3,(H2,16,17,18). The molecule has 0 heterocycles. The molecule has 0 unspecified atom stereocenters. The van der Waals surface area contributed by atoms with Gasteiger partial charge in [-0.1, -0.05) is 0 Å². The highest BCUT2D eigenvalue weighted by Gasteiger charge is 2.06. The minimum absolute atomic E-state index is 0.214. The van der Waals surface area contributed by atoms with E-state index in [1.165, 1.54) is 0 Å². The Morgan fingerprint density at radius 1 is 1.19 bits per heavy atom. The van der Waals surface area contributed by atoms with Gasteiger partial charge in [0.1, 0.15) is 0 Å². The summed E-state index contributed by atoms with van der Waals surface area (Å²) in [5.74, 6) is 1.19. The summed E-state index contributed by atoms with van der Waals surface area (Å²) in [4.78, 5) is 11.7. The second-order valence-electron chi connectivity index (χ2n) is 4.72. The molecule has 2 N–H and O–H groups in total. The maximum Gasteiger partial charge on any atom is 0.319 e. The molecule has 0 bridgehead atoms. The Morgan fingerprint density at radius 2 is 1.90 bits per heavy atom. The molecule has 6 nitrogen and oxygen atoms in total. The molecule has 21 heavy (non-hydrogen) atoms. The van der Waals surface area contributed by atoms with Crippen molar-refractivity contribution >= 4 is 11.7 Å². The van der Waals surface area contributed by atoms with Gasteiger partial charge in [0.2, 0.25) is 0 Å². The Hall–Kier alpha value is -1.95. The highest BCUT2D eigenvalue weighted by Crippen LogP contribution is 2.29. The molecular weight excluding hydrogens is 272 g/mol. The predicted octanol–water partition coefficient (Wildman–Crippen LogP) is 2.64. The van der Waals surface area contributed by atoms with E-state index in [1.54, 1.807) is 32.4 Å². The van der Waals surface area contributed by atoms with Gasteiger partial charge in [-0.2, -0.15) is 0 Å². The number of benzene rings is 1. The molecule has 6 heteroatoms. The number of urea groups is 1. The van der Waals surface area contributed by atoms with Crippen LogP contribution in [-0.4, -0.2) is 39.5 Å². The first-order valence-electron chi connectivity index (χ1n) is 6.95. The minimum atomic E-state index is -0.258. The van der Waals surface area contributed by atoms with Crippen LogP contribution >= 0.6 is 0 Å². The van der Waals surface area contributed by atoms with Crippen molar-refractivity contribution in [1.82, 2.24) is 5.32 Å². The van der Waals surface area contributed by atoms with E-state index < -0.39 is 0 Å². The van der Waals surface area contributed by atoms with Crippen LogP contribution in [-0.2, 0) is 4.74 Å². The van der Waals surface area contributed by atoms with E-state index in [-0.39, 0.29) is 12.1 Å². The van der Waals surface area contributed by atoms with Crippen molar-refractivity contribution in [2.75, 3.05) is 32.7 Å². The lowest BCUT2D eigenvalue weighted by Gasteiger charge is -2.11. The van der Waals surface area contributed by atoms with Crippen LogP contribution in [0.1, 0.15) is 20.3 Å². The predicted molar refractivity (Wildman–Crippen MR) is 82.3 cm³/mol. The molecule has 0 saturated carbocycles. The maximum absolute atomic E-state index is 11.7. The fourth-order valence-electron chi connectivity index (χ4n) is 1.68. The van der Waals surface area contributed by atoms with Gasteiger partial charge in [0, 0.05) is 24.9 Å². The molecule has 1 rings (SSSR count). The molecule has 0 aliphatic carbocycles. The van der Waals surface area contributed by atoms with Crippen LogP contribution in [0, 0.1) is 0 Å². The highest BCUT2D eigenvalue weighted by atomic mass is 16.5. The monoisotopic (exact) mass is 296 g/mol. The van der Waals surface area contributed by atoms with Crippen molar-refractivity contribution in [3.8, 4) is 11.5 Å². The number of carbonyl (C=O) groups is 1. The lowest BCUT2D eigenvalue weighted by molar-refractivity contribution is 0.0775. The summed E-state index contributed by atoms with van der Waals surface area (Å²) in [6, 6.07) is 4.94. The van der Waals surface area contributed by atoms with E-state index in [1.807, 2.05) is 13.8 Å². The molecule has 0 saturated heterocycles. The van der Waals surface area contributed by atoms with Crippen LogP contribution in [0.4, 0.5) is 10.5 Å². The van der Waals surface area contributed by atoms with E-state index >= 15 is 0 Å². The molecule has 0 spiro atoms. The fraction of sp³-hybridized carbons (Fsp3) is 0.533. The Bertz CT molecular complexity index is 449. The highest BCUT2D eigenvalue weighted by molar-refractivity contribution is 5.89. The van der Waals surface area contributed by atoms with Crippen LogP contribution in [0.3, 0.4) is 0 Å². The van der Waals surface area contributed by atoms with Gasteiger partial charge in [0.25, 0.3) is 0 Å². The fourth-order valence-corrected chi connectivity index (χ4v) is 1.68. The second-order valence-corrected chi connectivity index (χ2v) is 4.72. The van der Waals surface area contributed by atoms with Crippen molar-refractivity contribution in [2.24, 2.45) is 0 Å². The molecule has 0 aromatic heterocycles. The summed E-state index contributed by atoms with van der Waals surface area (Å²) < 4.78 is 15.7. The van der Waals surface area contributed by atoms with E-state index in [2.05, 4.69) is 10.6 Å². The zero-order chi connectivity index (χ0) is 15.7. The minimum Gasteiger partial charge on any atom is -0.493 e. The van der Waals surface area contributed by atoms with Crippen LogP contribution in [0.2, 0.25) is 0 Å². The summed E-state index contributed by atoms with van der Waals surface area (Å²) in [7, 11) is 3.12. The molecule has 2 amide bonds. The maximum atomic E-state index is 11.7. The first-order valence-corrected chi connectivity index (χ1v) is 6.95. The smallest absolute Gasteiger partial charge is 0.319 e. The molecule has 0 radical (unpaired) electrons. The average molecular weight is 296 g/mol. The molecule has 118 valence electrons. The first kappa shape index (κ1) is 17.1. The Kier molecular flexibility index (Phi) is 7.39. The molecular formula is C15H24N2O4. The summed E-state index contributed by atoms with van der Waals surface area (Å²) in [5.41, 5.74) is 0.642. The van der Waals surface area contributed by atoms with Crippen molar-refractivity contribution in [3.63, 3.8) is 0 Å². The van der Waals surface area contributed by atoms with Gasteiger partial charge in [0.05, 0.1) is 20.3 Å². The average Bonchev–Trinajstić information content (AvgIpc) is 2.46. The van der Waals surface area contributed by atoms with Crippen LogP contribution in [0.5, 0.6) is 11.5 Å². The third-order valence-electron chi connectivity index (χ3n) is 2.70. The van der Waals surface area contributed by atoms with Crippen molar-refractivity contribution < 1.29 is 19.0 Å². The van der Waals surface area contributed by atoms with Crippen molar-refractivity contribution in [2.45, 2.75) is 26.4 Å². The van der Waals surface area contributed by atoms with Crippen LogP contribution in [0.25, 0.3) is 0 Å². The summed E-state index contributed by atoms with van der Waals surface area (Å²) >= 11 is 0. The number of hydrogen-bond acceptors (Lipinski definition) is 4. The summed E-state index contributed by atoms with van der Waals surface area (Å²) in [6.07, 6.45) is 0.989. The largest absolute Gasteiger partial charge is 0.493 e. The van der Waals surface area contributed by atoms with Crippen LogP contribution in [0.15, 0.2) is 18.2 Å². The Balaban J connectivity index is 2.37. The second kappa shape index (κ2) is 9.07. The third-order valence-corrected chi connectivity index (χ3v) is 2.70. The SMILES string of the molecule is COc1ccc(NC(=O)NCCCOC(C)C)cc1OC. The molecule has 0 aliphatic rings. The number of amides is 2. The summed E-state index contributed by atoms with van der Waals surface area (Å²) in [5, 5.41) is 5.51. The number of carbonyl (C=O) groups excluding carboxylic acids is 1. The van der Waals surface area contributed by atoms with E-state index in [0.717, 1.165) is 6.42 Å². The van der Waals surface area contributed by atoms with E-state index in [4.69, 9.17) is 14.2 Å². The summed E-state index contributed by atoms with van der Waals surface area (Å²) in [6.45, 7) is 5.16. The molecule has 0 atom stereocenters. The van der Waals surface area contributed by atoms with E-state index in [0.29, 0.717) is 30.3 Å². The van der Waals surface area contributed by atoms with Gasteiger partial charge in [-0.05, 0) is 32.4 Å². The van der Waals surface area contributed by atoms with Gasteiger partial charge >= 0.3 is 6.03 Å². The zero-order valence-corrected chi connectivity index (χ0v) is 13.1. The van der Waals surface area contributed by atoms with Crippen molar-refractivity contribution in [3.05, 3.63) is 18.2 Å². The molecule has 0 fully saturated rings. The topological polar surface area (TPSA) is 68.8 Å². The van der Waals surface area contributed by atoms with Crippen LogP contribution < -0.4 is 20.1 Å². The van der Waals surface area contributed by atoms with Gasteiger partial charge in [0.15, 0.2) is 11.5 Å². The number of hydrogen-bond donors (Lipinski definition) is 2. The van der Waals surface area contributed by atoms with Gasteiger partial charge in [-0.3, -0.25) is 0 Å². The van der Waals surface area contributed by atoms with Gasteiger partial charge in [-0.25, -0.2) is 4.79 Å². The zero-order valence-electron chi connectivity index (χ0n) is 13.1. The van der Waals surface area contributed by atoms with Gasteiger partial charge < -0.3 is 24.8 Å². The number of anilines is 1. The normalized spacial score (nSPS) is 10.3. The Morgan fingerprint density at radius 3 is 2.52 bits per heavy atom. The molecule has 1 aromatic carbocycles. The Labute approximate surface area is 125 Å². The van der Waals surface area contributed by atoms with Gasteiger partial charge in [-0.15, -0.1) is 0 Å². The number of ether oxygens (including phenoxy) is 3. The number of methoxy groups -OCH3 is 2. The van der Waals surface area contributed by atoms with E-state index in [9.17, 15) is 4.79 Å². The molecule has 1 aromatic rings. The quantitative estimate of drug-likeness (QED) is 0.724.